The average Bonchev–Trinajstić information content (AvgIpc) is 2.85. The van der Waals surface area contributed by atoms with Gasteiger partial charge >= 0.3 is 0 Å². The lowest BCUT2D eigenvalue weighted by Crippen LogP contribution is -2.01. The second kappa shape index (κ2) is 6.27. The van der Waals surface area contributed by atoms with Crippen molar-refractivity contribution in [2.24, 2.45) is 0 Å². The van der Waals surface area contributed by atoms with Gasteiger partial charge in [0.2, 0.25) is 0 Å². The van der Waals surface area contributed by atoms with Gasteiger partial charge in [-0.25, -0.2) is 0 Å². The number of alkyl halides is 1. The Balaban J connectivity index is 2.06. The molecule has 0 saturated heterocycles. The van der Waals surface area contributed by atoms with Gasteiger partial charge < -0.3 is 4.74 Å². The molecule has 0 saturated carbocycles. The Morgan fingerprint density at radius 2 is 1.94 bits per heavy atom. The summed E-state index contributed by atoms with van der Waals surface area (Å²) in [4.78, 5) is 0. The fraction of sp³-hybridized carbons (Fsp3) is 0.385. The molecule has 1 heterocycles. The molecule has 0 amide bonds. The Kier molecular flexibility index (Phi) is 4.69. The van der Waals surface area contributed by atoms with Gasteiger partial charge in [-0.2, -0.15) is 0 Å². The number of halogens is 1. The lowest BCUT2D eigenvalue weighted by Gasteiger charge is -2.05. The first kappa shape index (κ1) is 13.5. The Hall–Kier alpha value is -0.970. The highest BCUT2D eigenvalue weighted by molar-refractivity contribution is 7.11. The van der Waals surface area contributed by atoms with E-state index >= 15 is 0 Å². The predicted octanol–water partition coefficient (Wildman–Crippen LogP) is 3.79. The van der Waals surface area contributed by atoms with Crippen LogP contribution in [0, 0.1) is 0 Å². The molecule has 0 spiro atoms. The zero-order valence-corrected chi connectivity index (χ0v) is 11.9. The second-order valence-corrected chi connectivity index (χ2v) is 5.70. The third kappa shape index (κ3) is 3.51. The van der Waals surface area contributed by atoms with Crippen molar-refractivity contribution in [1.82, 2.24) is 10.2 Å². The van der Waals surface area contributed by atoms with Crippen molar-refractivity contribution < 1.29 is 4.74 Å². The summed E-state index contributed by atoms with van der Waals surface area (Å²) >= 11 is 7.87. The van der Waals surface area contributed by atoms with Crippen LogP contribution in [0.5, 0.6) is 0 Å². The van der Waals surface area contributed by atoms with Gasteiger partial charge in [-0.05, 0) is 19.4 Å². The minimum Gasteiger partial charge on any atom is -0.372 e. The van der Waals surface area contributed by atoms with E-state index in [2.05, 4.69) is 10.2 Å². The van der Waals surface area contributed by atoms with Crippen LogP contribution in [0.25, 0.3) is 0 Å². The van der Waals surface area contributed by atoms with Crippen molar-refractivity contribution in [3.05, 3.63) is 45.9 Å². The van der Waals surface area contributed by atoms with Gasteiger partial charge in [-0.3, -0.25) is 0 Å². The highest BCUT2D eigenvalue weighted by Gasteiger charge is 2.16. The summed E-state index contributed by atoms with van der Waals surface area (Å²) in [5, 5.41) is 9.65. The largest absolute Gasteiger partial charge is 0.372 e. The van der Waals surface area contributed by atoms with Crippen LogP contribution in [0.1, 0.15) is 34.8 Å². The number of rotatable bonds is 5. The van der Waals surface area contributed by atoms with E-state index in [0.29, 0.717) is 6.61 Å². The molecule has 2 aromatic rings. The van der Waals surface area contributed by atoms with Crippen LogP contribution in [-0.4, -0.2) is 16.3 Å². The standard InChI is InChI=1S/C13H15ClN2OS/c1-9(2)17-8-11-15-16-13(18-11)12(14)10-6-4-3-5-7-10/h3-7,9,12H,8H2,1-2H3. The summed E-state index contributed by atoms with van der Waals surface area (Å²) < 4.78 is 5.49. The lowest BCUT2D eigenvalue weighted by atomic mass is 10.1. The van der Waals surface area contributed by atoms with Crippen LogP contribution in [0.2, 0.25) is 0 Å². The summed E-state index contributed by atoms with van der Waals surface area (Å²) in [6.07, 6.45) is 0.193. The lowest BCUT2D eigenvalue weighted by molar-refractivity contribution is 0.0652. The van der Waals surface area contributed by atoms with Crippen LogP contribution in [0.3, 0.4) is 0 Å². The minimum atomic E-state index is -0.239. The molecule has 2 rings (SSSR count). The van der Waals surface area contributed by atoms with Crippen molar-refractivity contribution >= 4 is 22.9 Å². The highest BCUT2D eigenvalue weighted by atomic mass is 35.5. The van der Waals surface area contributed by atoms with Gasteiger partial charge in [-0.1, -0.05) is 41.7 Å². The van der Waals surface area contributed by atoms with E-state index in [4.69, 9.17) is 16.3 Å². The molecule has 0 bridgehead atoms. The third-order valence-electron chi connectivity index (χ3n) is 2.33. The summed E-state index contributed by atoms with van der Waals surface area (Å²) in [6, 6.07) is 9.88. The summed E-state index contributed by atoms with van der Waals surface area (Å²) in [6.45, 7) is 4.49. The fourth-order valence-electron chi connectivity index (χ4n) is 1.43. The summed E-state index contributed by atoms with van der Waals surface area (Å²) in [7, 11) is 0. The molecule has 0 fully saturated rings. The smallest absolute Gasteiger partial charge is 0.143 e. The first-order valence-corrected chi connectivity index (χ1v) is 7.05. The van der Waals surface area contributed by atoms with Gasteiger partial charge in [0.05, 0.1) is 6.10 Å². The zero-order valence-electron chi connectivity index (χ0n) is 10.3. The molecule has 1 unspecified atom stereocenters. The molecule has 0 radical (unpaired) electrons. The maximum Gasteiger partial charge on any atom is 0.143 e. The molecule has 0 aliphatic rings. The van der Waals surface area contributed by atoms with Crippen molar-refractivity contribution in [3.63, 3.8) is 0 Å². The normalized spacial score (nSPS) is 12.9. The maximum absolute atomic E-state index is 6.37. The molecular formula is C13H15ClN2OS. The maximum atomic E-state index is 6.37. The molecule has 5 heteroatoms. The molecule has 0 aliphatic heterocycles. The van der Waals surface area contributed by atoms with Gasteiger partial charge in [-0.15, -0.1) is 21.8 Å². The molecule has 3 nitrogen and oxygen atoms in total. The van der Waals surface area contributed by atoms with E-state index in [1.165, 1.54) is 11.3 Å². The van der Waals surface area contributed by atoms with Crippen LogP contribution in [-0.2, 0) is 11.3 Å². The Morgan fingerprint density at radius 3 is 2.61 bits per heavy atom. The minimum absolute atomic E-state index is 0.193. The second-order valence-electron chi connectivity index (χ2n) is 4.17. The highest BCUT2D eigenvalue weighted by Crippen LogP contribution is 2.30. The third-order valence-corrected chi connectivity index (χ3v) is 3.88. The van der Waals surface area contributed by atoms with E-state index in [9.17, 15) is 0 Å². The van der Waals surface area contributed by atoms with E-state index in [1.807, 2.05) is 44.2 Å². The summed E-state index contributed by atoms with van der Waals surface area (Å²) in [5.41, 5.74) is 1.03. The summed E-state index contributed by atoms with van der Waals surface area (Å²) in [5.74, 6) is 0. The van der Waals surface area contributed by atoms with Crippen LogP contribution >= 0.6 is 22.9 Å². The van der Waals surface area contributed by atoms with Crippen molar-refractivity contribution in [1.29, 1.82) is 0 Å². The van der Waals surface area contributed by atoms with Gasteiger partial charge in [0.1, 0.15) is 22.0 Å². The number of aromatic nitrogens is 2. The molecule has 1 aromatic carbocycles. The molecule has 96 valence electrons. The van der Waals surface area contributed by atoms with E-state index in [0.717, 1.165) is 15.6 Å². The van der Waals surface area contributed by atoms with Crippen molar-refractivity contribution in [3.8, 4) is 0 Å². The SMILES string of the molecule is CC(C)OCc1nnc(C(Cl)c2ccccc2)s1. The molecular weight excluding hydrogens is 268 g/mol. The van der Waals surface area contributed by atoms with Crippen LogP contribution in [0.15, 0.2) is 30.3 Å². The average molecular weight is 283 g/mol. The van der Waals surface area contributed by atoms with E-state index < -0.39 is 0 Å². The monoisotopic (exact) mass is 282 g/mol. The quantitative estimate of drug-likeness (QED) is 0.783. The Bertz CT molecular complexity index is 487. The topological polar surface area (TPSA) is 35.0 Å². The van der Waals surface area contributed by atoms with Gasteiger partial charge in [0.15, 0.2) is 0 Å². The van der Waals surface area contributed by atoms with Crippen molar-refractivity contribution in [2.45, 2.75) is 31.9 Å². The fourth-order valence-corrected chi connectivity index (χ4v) is 2.52. The number of benzene rings is 1. The number of hydrogen-bond donors (Lipinski definition) is 0. The Labute approximate surface area is 116 Å². The molecule has 0 N–H and O–H groups in total. The predicted molar refractivity (Wildman–Crippen MR) is 74.0 cm³/mol. The van der Waals surface area contributed by atoms with Crippen LogP contribution < -0.4 is 0 Å². The molecule has 18 heavy (non-hydrogen) atoms. The molecule has 1 atom stereocenters. The Morgan fingerprint density at radius 1 is 1.22 bits per heavy atom. The zero-order chi connectivity index (χ0) is 13.0. The number of nitrogens with zero attached hydrogens (tertiary/aromatic N) is 2. The number of hydrogen-bond acceptors (Lipinski definition) is 4. The first-order chi connectivity index (χ1) is 8.66. The van der Waals surface area contributed by atoms with Gasteiger partial charge in [0, 0.05) is 0 Å². The van der Waals surface area contributed by atoms with Gasteiger partial charge in [0.25, 0.3) is 0 Å². The molecule has 1 aromatic heterocycles. The van der Waals surface area contributed by atoms with E-state index in [-0.39, 0.29) is 11.5 Å². The molecule has 0 aliphatic carbocycles. The first-order valence-electron chi connectivity index (χ1n) is 5.79. The van der Waals surface area contributed by atoms with Crippen molar-refractivity contribution in [2.75, 3.05) is 0 Å². The van der Waals surface area contributed by atoms with Crippen LogP contribution in [0.4, 0.5) is 0 Å². The van der Waals surface area contributed by atoms with E-state index in [1.54, 1.807) is 0 Å². The number of ether oxygens (including phenoxy) is 1.